The van der Waals surface area contributed by atoms with Gasteiger partial charge in [-0.1, -0.05) is 15.9 Å². The second-order valence-electron chi connectivity index (χ2n) is 3.82. The Hall–Kier alpha value is -1.10. The molecule has 0 spiro atoms. The van der Waals surface area contributed by atoms with Crippen molar-refractivity contribution in [3.8, 4) is 5.88 Å². The van der Waals surface area contributed by atoms with Crippen molar-refractivity contribution in [1.82, 2.24) is 4.98 Å². The largest absolute Gasteiger partial charge is 0.481 e. The molecule has 1 fully saturated rings. The number of aromatic nitrogens is 1. The minimum absolute atomic E-state index is 0.136. The Bertz CT molecular complexity index is 422. The van der Waals surface area contributed by atoms with Gasteiger partial charge in [0.2, 0.25) is 11.8 Å². The van der Waals surface area contributed by atoms with Crippen molar-refractivity contribution in [3.05, 3.63) is 17.8 Å². The maximum absolute atomic E-state index is 11.7. The summed E-state index contributed by atoms with van der Waals surface area (Å²) in [5.74, 6) is 0.709. The molecule has 1 aliphatic heterocycles. The van der Waals surface area contributed by atoms with Gasteiger partial charge in [-0.2, -0.15) is 0 Å². The standard InChI is InChI=1S/C11H13BrN2O2/c1-7-3-10(16-2)13-5-9(7)14-6-8(12)4-11(14)15/h3,5,8H,4,6H2,1-2H3. The molecule has 0 aliphatic carbocycles. The molecular formula is C11H13BrN2O2. The molecule has 0 aromatic carbocycles. The molecule has 1 atom stereocenters. The molecule has 0 N–H and O–H groups in total. The van der Waals surface area contributed by atoms with E-state index < -0.39 is 0 Å². The van der Waals surface area contributed by atoms with Gasteiger partial charge in [-0.3, -0.25) is 4.79 Å². The van der Waals surface area contributed by atoms with Crippen LogP contribution in [0.4, 0.5) is 5.69 Å². The first-order valence-corrected chi connectivity index (χ1v) is 5.98. The Labute approximate surface area is 103 Å². The maximum atomic E-state index is 11.7. The maximum Gasteiger partial charge on any atom is 0.228 e. The number of ether oxygens (including phenoxy) is 1. The number of rotatable bonds is 2. The van der Waals surface area contributed by atoms with Crippen molar-refractivity contribution in [3.63, 3.8) is 0 Å². The van der Waals surface area contributed by atoms with Crippen LogP contribution in [0.1, 0.15) is 12.0 Å². The number of alkyl halides is 1. The molecule has 4 nitrogen and oxygen atoms in total. The summed E-state index contributed by atoms with van der Waals surface area (Å²) in [5, 5.41) is 0. The van der Waals surface area contributed by atoms with E-state index in [-0.39, 0.29) is 10.7 Å². The summed E-state index contributed by atoms with van der Waals surface area (Å²) >= 11 is 3.46. The van der Waals surface area contributed by atoms with E-state index in [4.69, 9.17) is 4.74 Å². The zero-order valence-corrected chi connectivity index (χ0v) is 10.8. The van der Waals surface area contributed by atoms with Crippen molar-refractivity contribution in [2.75, 3.05) is 18.6 Å². The van der Waals surface area contributed by atoms with E-state index in [0.717, 1.165) is 11.3 Å². The number of carbonyl (C=O) groups excluding carboxylic acids is 1. The first-order chi connectivity index (χ1) is 7.61. The van der Waals surface area contributed by atoms with Crippen LogP contribution in [-0.4, -0.2) is 29.4 Å². The molecule has 2 heterocycles. The van der Waals surface area contributed by atoms with E-state index in [9.17, 15) is 4.79 Å². The molecule has 1 aliphatic rings. The van der Waals surface area contributed by atoms with Gasteiger partial charge in [0.05, 0.1) is 19.0 Å². The summed E-state index contributed by atoms with van der Waals surface area (Å²) in [7, 11) is 1.58. The van der Waals surface area contributed by atoms with E-state index in [1.54, 1.807) is 18.2 Å². The molecule has 1 unspecified atom stereocenters. The van der Waals surface area contributed by atoms with Gasteiger partial charge >= 0.3 is 0 Å². The van der Waals surface area contributed by atoms with Crippen LogP contribution in [0, 0.1) is 6.92 Å². The number of nitrogens with zero attached hydrogens (tertiary/aromatic N) is 2. The molecule has 0 saturated carbocycles. The number of hydrogen-bond acceptors (Lipinski definition) is 3. The second kappa shape index (κ2) is 4.41. The number of aryl methyl sites for hydroxylation is 1. The summed E-state index contributed by atoms with van der Waals surface area (Å²) in [6.07, 6.45) is 2.24. The van der Waals surface area contributed by atoms with Crippen LogP contribution in [0.15, 0.2) is 12.3 Å². The molecule has 0 radical (unpaired) electrons. The minimum Gasteiger partial charge on any atom is -0.481 e. The van der Waals surface area contributed by atoms with Crippen molar-refractivity contribution >= 4 is 27.5 Å². The Morgan fingerprint density at radius 2 is 2.38 bits per heavy atom. The lowest BCUT2D eigenvalue weighted by atomic mass is 10.2. The Balaban J connectivity index is 2.30. The number of anilines is 1. The fraction of sp³-hybridized carbons (Fsp3) is 0.455. The number of amides is 1. The molecular weight excluding hydrogens is 272 g/mol. The van der Waals surface area contributed by atoms with Crippen molar-refractivity contribution < 1.29 is 9.53 Å². The second-order valence-corrected chi connectivity index (χ2v) is 5.11. The molecule has 1 saturated heterocycles. The van der Waals surface area contributed by atoms with Gasteiger partial charge < -0.3 is 9.64 Å². The van der Waals surface area contributed by atoms with Gasteiger partial charge in [0.25, 0.3) is 0 Å². The highest BCUT2D eigenvalue weighted by atomic mass is 79.9. The predicted octanol–water partition coefficient (Wildman–Crippen LogP) is 1.90. The van der Waals surface area contributed by atoms with E-state index in [0.29, 0.717) is 18.8 Å². The zero-order chi connectivity index (χ0) is 11.7. The third-order valence-corrected chi connectivity index (χ3v) is 3.25. The molecule has 1 aromatic rings. The van der Waals surface area contributed by atoms with Crippen LogP contribution in [0.25, 0.3) is 0 Å². The third-order valence-electron chi connectivity index (χ3n) is 2.64. The van der Waals surface area contributed by atoms with E-state index >= 15 is 0 Å². The Kier molecular flexibility index (Phi) is 3.14. The minimum atomic E-state index is 0.136. The lowest BCUT2D eigenvalue weighted by molar-refractivity contribution is -0.117. The summed E-state index contributed by atoms with van der Waals surface area (Å²) in [6, 6.07) is 1.84. The predicted molar refractivity (Wildman–Crippen MR) is 65.2 cm³/mol. The quantitative estimate of drug-likeness (QED) is 0.779. The summed E-state index contributed by atoms with van der Waals surface area (Å²) in [6.45, 7) is 2.65. The van der Waals surface area contributed by atoms with E-state index in [1.807, 2.05) is 13.0 Å². The fourth-order valence-corrected chi connectivity index (χ4v) is 2.38. The van der Waals surface area contributed by atoms with Crippen LogP contribution in [0.2, 0.25) is 0 Å². The number of hydrogen-bond donors (Lipinski definition) is 0. The molecule has 2 rings (SSSR count). The average molecular weight is 285 g/mol. The fourth-order valence-electron chi connectivity index (χ4n) is 1.81. The molecule has 5 heteroatoms. The van der Waals surface area contributed by atoms with Crippen LogP contribution < -0.4 is 9.64 Å². The van der Waals surface area contributed by atoms with Gasteiger partial charge in [0.15, 0.2) is 0 Å². The number of halogens is 1. The summed E-state index contributed by atoms with van der Waals surface area (Å²) < 4.78 is 5.04. The molecule has 16 heavy (non-hydrogen) atoms. The highest BCUT2D eigenvalue weighted by Crippen LogP contribution is 2.28. The Morgan fingerprint density at radius 1 is 1.62 bits per heavy atom. The Morgan fingerprint density at radius 3 is 2.88 bits per heavy atom. The number of carbonyl (C=O) groups is 1. The number of pyridine rings is 1. The zero-order valence-electron chi connectivity index (χ0n) is 9.24. The van der Waals surface area contributed by atoms with Gasteiger partial charge in [-0.15, -0.1) is 0 Å². The monoisotopic (exact) mass is 284 g/mol. The van der Waals surface area contributed by atoms with Crippen LogP contribution in [0.5, 0.6) is 5.88 Å². The molecule has 1 aromatic heterocycles. The molecule has 86 valence electrons. The SMILES string of the molecule is COc1cc(C)c(N2CC(Br)CC2=O)cn1. The van der Waals surface area contributed by atoms with Crippen LogP contribution in [0.3, 0.4) is 0 Å². The lowest BCUT2D eigenvalue weighted by Crippen LogP contribution is -2.25. The van der Waals surface area contributed by atoms with Crippen LogP contribution in [-0.2, 0) is 4.79 Å². The van der Waals surface area contributed by atoms with Crippen molar-refractivity contribution in [2.24, 2.45) is 0 Å². The third kappa shape index (κ3) is 2.04. The van der Waals surface area contributed by atoms with Gasteiger partial charge in [0.1, 0.15) is 0 Å². The van der Waals surface area contributed by atoms with Gasteiger partial charge in [0, 0.05) is 23.9 Å². The topological polar surface area (TPSA) is 42.4 Å². The highest BCUT2D eigenvalue weighted by molar-refractivity contribution is 9.09. The van der Waals surface area contributed by atoms with Crippen molar-refractivity contribution in [1.29, 1.82) is 0 Å². The smallest absolute Gasteiger partial charge is 0.228 e. The lowest BCUT2D eigenvalue weighted by Gasteiger charge is -2.18. The molecule has 1 amide bonds. The average Bonchev–Trinajstić information content (AvgIpc) is 2.57. The van der Waals surface area contributed by atoms with Crippen molar-refractivity contribution in [2.45, 2.75) is 18.2 Å². The summed E-state index contributed by atoms with van der Waals surface area (Å²) in [4.78, 5) is 17.9. The van der Waals surface area contributed by atoms with Gasteiger partial charge in [-0.05, 0) is 12.5 Å². The van der Waals surface area contributed by atoms with E-state index in [2.05, 4.69) is 20.9 Å². The first kappa shape index (κ1) is 11.4. The first-order valence-electron chi connectivity index (χ1n) is 5.07. The number of methoxy groups -OCH3 is 1. The van der Waals surface area contributed by atoms with Crippen LogP contribution >= 0.6 is 15.9 Å². The summed E-state index contributed by atoms with van der Waals surface area (Å²) in [5.41, 5.74) is 1.87. The molecule has 0 bridgehead atoms. The highest BCUT2D eigenvalue weighted by Gasteiger charge is 2.29. The van der Waals surface area contributed by atoms with E-state index in [1.165, 1.54) is 0 Å². The normalized spacial score (nSPS) is 20.3. The van der Waals surface area contributed by atoms with Gasteiger partial charge in [-0.25, -0.2) is 4.98 Å².